The Morgan fingerprint density at radius 2 is 1.56 bits per heavy atom. The number of nitrogens with one attached hydrogen (secondary N) is 1. The standard InChI is InChI=1S/C28H29NO3/c1-19-16-21(31-3)17-20(2)22(19)10-8-9-15-29-28(30)32-18-27-25-13-6-4-11-23(25)24-12-5-7-14-26(24)27/h4-8,10-14,16-17,27H,9,15,18H2,1-3H3,(H,29,30). The number of aryl methyl sites for hydroxylation is 2. The largest absolute Gasteiger partial charge is 0.497 e. The third kappa shape index (κ3) is 4.54. The molecular formula is C28H29NO3. The fraction of sp³-hybridized carbons (Fsp3) is 0.250. The van der Waals surface area contributed by atoms with E-state index in [9.17, 15) is 4.79 Å². The van der Waals surface area contributed by atoms with Crippen molar-refractivity contribution in [2.45, 2.75) is 26.2 Å². The van der Waals surface area contributed by atoms with Crippen LogP contribution in [0.25, 0.3) is 17.2 Å². The number of rotatable bonds is 7. The van der Waals surface area contributed by atoms with E-state index in [-0.39, 0.29) is 12.0 Å². The second-order valence-electron chi connectivity index (χ2n) is 8.12. The summed E-state index contributed by atoms with van der Waals surface area (Å²) in [7, 11) is 1.68. The number of methoxy groups -OCH3 is 1. The van der Waals surface area contributed by atoms with E-state index in [4.69, 9.17) is 9.47 Å². The number of amides is 1. The van der Waals surface area contributed by atoms with E-state index < -0.39 is 0 Å². The molecular weight excluding hydrogens is 398 g/mol. The Morgan fingerprint density at radius 1 is 0.969 bits per heavy atom. The lowest BCUT2D eigenvalue weighted by molar-refractivity contribution is 0.143. The van der Waals surface area contributed by atoms with Gasteiger partial charge in [-0.1, -0.05) is 60.7 Å². The molecule has 1 N–H and O–H groups in total. The van der Waals surface area contributed by atoms with Crippen LogP contribution in [-0.2, 0) is 4.74 Å². The summed E-state index contributed by atoms with van der Waals surface area (Å²) in [6, 6.07) is 20.7. The molecule has 0 saturated carbocycles. The first kappa shape index (κ1) is 21.7. The Kier molecular flexibility index (Phi) is 6.60. The minimum atomic E-state index is -0.378. The van der Waals surface area contributed by atoms with Crippen molar-refractivity contribution in [2.24, 2.45) is 0 Å². The van der Waals surface area contributed by atoms with Crippen LogP contribution in [0.5, 0.6) is 5.75 Å². The van der Waals surface area contributed by atoms with Gasteiger partial charge in [-0.2, -0.15) is 0 Å². The van der Waals surface area contributed by atoms with Crippen molar-refractivity contribution in [1.82, 2.24) is 5.32 Å². The molecule has 1 aliphatic rings. The number of benzene rings is 3. The van der Waals surface area contributed by atoms with Crippen LogP contribution < -0.4 is 10.1 Å². The monoisotopic (exact) mass is 427 g/mol. The summed E-state index contributed by atoms with van der Waals surface area (Å²) in [5, 5.41) is 2.86. The summed E-state index contributed by atoms with van der Waals surface area (Å²) in [4.78, 5) is 12.3. The summed E-state index contributed by atoms with van der Waals surface area (Å²) in [5.41, 5.74) is 8.42. The zero-order valence-corrected chi connectivity index (χ0v) is 18.9. The van der Waals surface area contributed by atoms with Crippen LogP contribution in [0.1, 0.15) is 40.2 Å². The summed E-state index contributed by atoms with van der Waals surface area (Å²) in [5.74, 6) is 0.947. The van der Waals surface area contributed by atoms with Gasteiger partial charge in [-0.25, -0.2) is 4.79 Å². The third-order valence-corrected chi connectivity index (χ3v) is 6.01. The van der Waals surface area contributed by atoms with Crippen molar-refractivity contribution in [3.05, 3.63) is 94.6 Å². The molecule has 1 aliphatic carbocycles. The molecule has 0 spiro atoms. The van der Waals surface area contributed by atoms with Crippen LogP contribution in [0.15, 0.2) is 66.7 Å². The Hall–Kier alpha value is -3.53. The van der Waals surface area contributed by atoms with Crippen LogP contribution in [0.3, 0.4) is 0 Å². The third-order valence-electron chi connectivity index (χ3n) is 6.01. The maximum atomic E-state index is 12.3. The van der Waals surface area contributed by atoms with Gasteiger partial charge in [0.2, 0.25) is 0 Å². The van der Waals surface area contributed by atoms with Crippen LogP contribution in [-0.4, -0.2) is 26.4 Å². The first-order valence-corrected chi connectivity index (χ1v) is 11.0. The molecule has 32 heavy (non-hydrogen) atoms. The highest BCUT2D eigenvalue weighted by molar-refractivity contribution is 5.79. The van der Waals surface area contributed by atoms with Gasteiger partial charge in [-0.05, 0) is 71.3 Å². The highest BCUT2D eigenvalue weighted by atomic mass is 16.5. The van der Waals surface area contributed by atoms with E-state index in [1.165, 1.54) is 38.9 Å². The fourth-order valence-corrected chi connectivity index (χ4v) is 4.42. The summed E-state index contributed by atoms with van der Waals surface area (Å²) in [6.07, 6.45) is 4.53. The van der Waals surface area contributed by atoms with Gasteiger partial charge in [0.05, 0.1) is 7.11 Å². The second-order valence-corrected chi connectivity index (χ2v) is 8.12. The molecule has 1 amide bonds. The number of carbonyl (C=O) groups excluding carboxylic acids is 1. The predicted molar refractivity (Wildman–Crippen MR) is 129 cm³/mol. The Labute approximate surface area is 189 Å². The molecule has 0 aromatic heterocycles. The van der Waals surface area contributed by atoms with Crippen LogP contribution in [0, 0.1) is 13.8 Å². The van der Waals surface area contributed by atoms with Crippen molar-refractivity contribution in [3.8, 4) is 16.9 Å². The highest BCUT2D eigenvalue weighted by Crippen LogP contribution is 2.44. The summed E-state index contributed by atoms with van der Waals surface area (Å²) >= 11 is 0. The Balaban J connectivity index is 1.28. The lowest BCUT2D eigenvalue weighted by Crippen LogP contribution is -2.26. The maximum Gasteiger partial charge on any atom is 0.407 e. The molecule has 0 fully saturated rings. The molecule has 0 atom stereocenters. The zero-order chi connectivity index (χ0) is 22.5. The molecule has 3 aromatic rings. The molecule has 4 nitrogen and oxygen atoms in total. The molecule has 0 heterocycles. The van der Waals surface area contributed by atoms with Gasteiger partial charge in [-0.15, -0.1) is 0 Å². The van der Waals surface area contributed by atoms with Crippen molar-refractivity contribution in [1.29, 1.82) is 0 Å². The van der Waals surface area contributed by atoms with Gasteiger partial charge in [0.25, 0.3) is 0 Å². The normalized spacial score (nSPS) is 12.5. The minimum Gasteiger partial charge on any atom is -0.497 e. The molecule has 0 aliphatic heterocycles. The number of hydrogen-bond acceptors (Lipinski definition) is 3. The maximum absolute atomic E-state index is 12.3. The average molecular weight is 428 g/mol. The molecule has 4 rings (SSSR count). The minimum absolute atomic E-state index is 0.0778. The molecule has 0 bridgehead atoms. The Morgan fingerprint density at radius 3 is 2.16 bits per heavy atom. The average Bonchev–Trinajstić information content (AvgIpc) is 3.12. The SMILES string of the molecule is COc1cc(C)c(C=CCCNC(=O)OCC2c3ccccc3-c3ccccc32)c(C)c1. The first-order valence-electron chi connectivity index (χ1n) is 11.0. The number of hydrogen-bond donors (Lipinski definition) is 1. The molecule has 0 radical (unpaired) electrons. The highest BCUT2D eigenvalue weighted by Gasteiger charge is 2.28. The summed E-state index contributed by atoms with van der Waals surface area (Å²) in [6.45, 7) is 5.01. The van der Waals surface area contributed by atoms with Gasteiger partial charge < -0.3 is 14.8 Å². The van der Waals surface area contributed by atoms with Crippen molar-refractivity contribution >= 4 is 12.2 Å². The van der Waals surface area contributed by atoms with Gasteiger partial charge in [-0.3, -0.25) is 0 Å². The number of alkyl carbamates (subject to hydrolysis) is 1. The van der Waals surface area contributed by atoms with E-state index in [0.29, 0.717) is 13.2 Å². The first-order chi connectivity index (χ1) is 15.6. The molecule has 4 heteroatoms. The van der Waals surface area contributed by atoms with E-state index in [2.05, 4.69) is 55.6 Å². The smallest absolute Gasteiger partial charge is 0.407 e. The van der Waals surface area contributed by atoms with E-state index in [1.54, 1.807) is 7.11 Å². The molecule has 0 saturated heterocycles. The molecule has 164 valence electrons. The van der Waals surface area contributed by atoms with E-state index in [1.807, 2.05) is 36.4 Å². The number of carbonyl (C=O) groups is 1. The van der Waals surface area contributed by atoms with Crippen molar-refractivity contribution in [2.75, 3.05) is 20.3 Å². The van der Waals surface area contributed by atoms with Crippen LogP contribution in [0.4, 0.5) is 4.79 Å². The van der Waals surface area contributed by atoms with Gasteiger partial charge >= 0.3 is 6.09 Å². The quantitative estimate of drug-likeness (QED) is 0.453. The Bertz CT molecular complexity index is 1080. The van der Waals surface area contributed by atoms with Crippen LogP contribution >= 0.6 is 0 Å². The second kappa shape index (κ2) is 9.73. The van der Waals surface area contributed by atoms with Gasteiger partial charge in [0.15, 0.2) is 0 Å². The van der Waals surface area contributed by atoms with Crippen LogP contribution in [0.2, 0.25) is 0 Å². The van der Waals surface area contributed by atoms with Crippen molar-refractivity contribution < 1.29 is 14.3 Å². The molecule has 0 unspecified atom stereocenters. The van der Waals surface area contributed by atoms with Gasteiger partial charge in [0, 0.05) is 12.5 Å². The fourth-order valence-electron chi connectivity index (χ4n) is 4.42. The van der Waals surface area contributed by atoms with E-state index >= 15 is 0 Å². The molecule has 3 aromatic carbocycles. The van der Waals surface area contributed by atoms with Crippen molar-refractivity contribution in [3.63, 3.8) is 0 Å². The topological polar surface area (TPSA) is 47.6 Å². The zero-order valence-electron chi connectivity index (χ0n) is 18.9. The lowest BCUT2D eigenvalue weighted by atomic mass is 9.98. The lowest BCUT2D eigenvalue weighted by Gasteiger charge is -2.14. The summed E-state index contributed by atoms with van der Waals surface area (Å²) < 4.78 is 10.9. The predicted octanol–water partition coefficient (Wildman–Crippen LogP) is 6.25. The van der Waals surface area contributed by atoms with E-state index in [0.717, 1.165) is 12.2 Å². The number of ether oxygens (including phenoxy) is 2. The number of fused-ring (bicyclic) bond motifs is 3. The van der Waals surface area contributed by atoms with Gasteiger partial charge in [0.1, 0.15) is 12.4 Å².